The number of nitrogens with one attached hydrogen (secondary N) is 3. The Morgan fingerprint density at radius 3 is 2.41 bits per heavy atom. The van der Waals surface area contributed by atoms with Crippen molar-refractivity contribution in [2.75, 3.05) is 30.7 Å². The summed E-state index contributed by atoms with van der Waals surface area (Å²) >= 11 is 0. The molecule has 0 spiro atoms. The van der Waals surface area contributed by atoms with Gasteiger partial charge in [0.1, 0.15) is 23.5 Å². The number of ether oxygens (including phenoxy) is 2. The maximum absolute atomic E-state index is 12.3. The molecule has 1 aromatic heterocycles. The summed E-state index contributed by atoms with van der Waals surface area (Å²) in [6.45, 7) is 1.95. The second-order valence-electron chi connectivity index (χ2n) is 6.12. The Bertz CT molecular complexity index is 1010. The summed E-state index contributed by atoms with van der Waals surface area (Å²) in [6.07, 6.45) is 1.33. The maximum Gasteiger partial charge on any atom is 0.269 e. The van der Waals surface area contributed by atoms with Gasteiger partial charge in [0.05, 0.1) is 19.9 Å². The van der Waals surface area contributed by atoms with E-state index in [1.807, 2.05) is 19.1 Å². The van der Waals surface area contributed by atoms with Crippen molar-refractivity contribution in [3.05, 3.63) is 59.9 Å². The molecule has 2 aromatic carbocycles. The van der Waals surface area contributed by atoms with Crippen molar-refractivity contribution in [3.63, 3.8) is 0 Å². The Balaban J connectivity index is 1.76. The van der Waals surface area contributed by atoms with Crippen LogP contribution >= 0.6 is 0 Å². The lowest BCUT2D eigenvalue weighted by molar-refractivity contribution is 0.0962. The van der Waals surface area contributed by atoms with Gasteiger partial charge in [0, 0.05) is 11.6 Å². The van der Waals surface area contributed by atoms with Crippen molar-refractivity contribution >= 4 is 28.9 Å². The molecule has 1 amide bonds. The van der Waals surface area contributed by atoms with E-state index in [0.29, 0.717) is 28.6 Å². The second kappa shape index (κ2) is 8.79. The van der Waals surface area contributed by atoms with Gasteiger partial charge >= 0.3 is 0 Å². The molecule has 9 nitrogen and oxygen atoms in total. The van der Waals surface area contributed by atoms with Gasteiger partial charge in [-0.15, -0.1) is 0 Å². The first-order chi connectivity index (χ1) is 14.0. The van der Waals surface area contributed by atoms with Crippen LogP contribution in [0.15, 0.2) is 48.8 Å². The van der Waals surface area contributed by atoms with Gasteiger partial charge in [0.25, 0.3) is 5.91 Å². The number of carbonyl (C=O) groups is 1. The van der Waals surface area contributed by atoms with E-state index in [1.54, 1.807) is 44.6 Å². The molecule has 29 heavy (non-hydrogen) atoms. The van der Waals surface area contributed by atoms with E-state index in [-0.39, 0.29) is 17.4 Å². The third-order valence-corrected chi connectivity index (χ3v) is 4.15. The van der Waals surface area contributed by atoms with Crippen molar-refractivity contribution in [3.8, 4) is 11.5 Å². The molecule has 9 heteroatoms. The molecule has 0 aliphatic heterocycles. The van der Waals surface area contributed by atoms with Crippen molar-refractivity contribution in [2.45, 2.75) is 6.92 Å². The predicted octanol–water partition coefficient (Wildman–Crippen LogP) is 2.88. The van der Waals surface area contributed by atoms with E-state index < -0.39 is 0 Å². The fourth-order valence-corrected chi connectivity index (χ4v) is 2.53. The highest BCUT2D eigenvalue weighted by molar-refractivity contribution is 5.95. The van der Waals surface area contributed by atoms with Crippen molar-refractivity contribution in [1.82, 2.24) is 15.4 Å². The van der Waals surface area contributed by atoms with Gasteiger partial charge in [0.2, 0.25) is 0 Å². The van der Waals surface area contributed by atoms with Crippen LogP contribution in [-0.2, 0) is 0 Å². The van der Waals surface area contributed by atoms with Crippen molar-refractivity contribution in [2.24, 2.45) is 0 Å². The number of rotatable bonds is 7. The summed E-state index contributed by atoms with van der Waals surface area (Å²) in [5, 5.41) is 3.10. The highest BCUT2D eigenvalue weighted by Gasteiger charge is 2.13. The largest absolute Gasteiger partial charge is 0.497 e. The highest BCUT2D eigenvalue weighted by Crippen LogP contribution is 2.33. The fraction of sp³-hybridized carbons (Fsp3) is 0.150. The number of aryl methyl sites for hydroxylation is 1. The smallest absolute Gasteiger partial charge is 0.269 e. The molecule has 1 heterocycles. The minimum Gasteiger partial charge on any atom is -0.497 e. The number of hydrazine groups is 1. The van der Waals surface area contributed by atoms with Crippen LogP contribution in [0.5, 0.6) is 11.5 Å². The van der Waals surface area contributed by atoms with Crippen LogP contribution in [0.3, 0.4) is 0 Å². The summed E-state index contributed by atoms with van der Waals surface area (Å²) in [6, 6.07) is 12.5. The number of amides is 1. The van der Waals surface area contributed by atoms with E-state index >= 15 is 0 Å². The second-order valence-corrected chi connectivity index (χ2v) is 6.12. The molecule has 150 valence electrons. The van der Waals surface area contributed by atoms with Crippen LogP contribution in [0, 0.1) is 6.92 Å². The number of nitrogens with zero attached hydrogens (tertiary/aromatic N) is 2. The number of aromatic nitrogens is 2. The Morgan fingerprint density at radius 2 is 1.72 bits per heavy atom. The lowest BCUT2D eigenvalue weighted by Gasteiger charge is -2.15. The predicted molar refractivity (Wildman–Crippen MR) is 112 cm³/mol. The van der Waals surface area contributed by atoms with Crippen LogP contribution in [-0.4, -0.2) is 30.1 Å². The molecule has 0 aliphatic rings. The SMILES string of the molecule is COc1ccc(OC)c(Nc2ncnc(NNC(=O)c3ccc(C)cc3)c2N)c1. The van der Waals surface area contributed by atoms with Gasteiger partial charge in [-0.1, -0.05) is 17.7 Å². The molecule has 0 aliphatic carbocycles. The first-order valence-electron chi connectivity index (χ1n) is 8.74. The topological polar surface area (TPSA) is 123 Å². The van der Waals surface area contributed by atoms with E-state index in [2.05, 4.69) is 26.1 Å². The molecule has 0 saturated heterocycles. The molecular formula is C20H22N6O3. The Kier molecular flexibility index (Phi) is 5.98. The normalized spacial score (nSPS) is 10.2. The Labute approximate surface area is 168 Å². The number of benzene rings is 2. The standard InChI is InChI=1S/C20H22N6O3/c1-12-4-6-13(7-5-12)20(27)26-25-19-17(21)18(22-11-23-19)24-15-10-14(28-2)8-9-16(15)29-3/h4-11H,21H2,1-3H3,(H,26,27)(H2,22,23,24,25). The molecule has 5 N–H and O–H groups in total. The molecule has 0 unspecified atom stereocenters. The average molecular weight is 394 g/mol. The van der Waals surface area contributed by atoms with Crippen LogP contribution < -0.4 is 31.4 Å². The lowest BCUT2D eigenvalue weighted by Crippen LogP contribution is -2.30. The number of nitrogen functional groups attached to an aromatic ring is 1. The summed E-state index contributed by atoms with van der Waals surface area (Å²) in [5.41, 5.74) is 13.9. The third kappa shape index (κ3) is 4.64. The van der Waals surface area contributed by atoms with Crippen LogP contribution in [0.2, 0.25) is 0 Å². The quantitative estimate of drug-likeness (QED) is 0.451. The molecule has 0 fully saturated rings. The number of hydrogen-bond donors (Lipinski definition) is 4. The highest BCUT2D eigenvalue weighted by atomic mass is 16.5. The summed E-state index contributed by atoms with van der Waals surface area (Å²) in [4.78, 5) is 20.5. The van der Waals surface area contributed by atoms with Gasteiger partial charge in [-0.2, -0.15) is 0 Å². The van der Waals surface area contributed by atoms with Gasteiger partial charge in [-0.05, 0) is 31.2 Å². The lowest BCUT2D eigenvalue weighted by atomic mass is 10.1. The van der Waals surface area contributed by atoms with Gasteiger partial charge in [-0.25, -0.2) is 9.97 Å². The molecular weight excluding hydrogens is 372 g/mol. The number of nitrogens with two attached hydrogens (primary N) is 1. The number of carbonyl (C=O) groups excluding carboxylic acids is 1. The first kappa shape index (κ1) is 19.7. The zero-order valence-electron chi connectivity index (χ0n) is 16.3. The Morgan fingerprint density at radius 1 is 1.00 bits per heavy atom. The molecule has 0 atom stereocenters. The van der Waals surface area contributed by atoms with Crippen LogP contribution in [0.1, 0.15) is 15.9 Å². The molecule has 0 radical (unpaired) electrons. The fourth-order valence-electron chi connectivity index (χ4n) is 2.53. The zero-order valence-corrected chi connectivity index (χ0v) is 16.3. The van der Waals surface area contributed by atoms with Gasteiger partial charge < -0.3 is 20.5 Å². The molecule has 0 saturated carbocycles. The third-order valence-electron chi connectivity index (χ3n) is 4.15. The minimum absolute atomic E-state index is 0.224. The van der Waals surface area contributed by atoms with E-state index in [0.717, 1.165) is 5.56 Å². The summed E-state index contributed by atoms with van der Waals surface area (Å²) in [7, 11) is 3.13. The van der Waals surface area contributed by atoms with Gasteiger partial charge in [0.15, 0.2) is 11.6 Å². The Hall–Kier alpha value is -4.01. The van der Waals surface area contributed by atoms with E-state index in [9.17, 15) is 4.79 Å². The average Bonchev–Trinajstić information content (AvgIpc) is 2.74. The van der Waals surface area contributed by atoms with E-state index in [4.69, 9.17) is 15.2 Å². The first-order valence-corrected chi connectivity index (χ1v) is 8.74. The van der Waals surface area contributed by atoms with Crippen molar-refractivity contribution in [1.29, 1.82) is 0 Å². The summed E-state index contributed by atoms with van der Waals surface area (Å²) in [5.74, 6) is 1.52. The van der Waals surface area contributed by atoms with Crippen LogP contribution in [0.4, 0.5) is 23.0 Å². The van der Waals surface area contributed by atoms with Crippen LogP contribution in [0.25, 0.3) is 0 Å². The minimum atomic E-state index is -0.313. The monoisotopic (exact) mass is 394 g/mol. The maximum atomic E-state index is 12.3. The number of anilines is 4. The zero-order chi connectivity index (χ0) is 20.8. The van der Waals surface area contributed by atoms with Gasteiger partial charge in [-0.3, -0.25) is 15.6 Å². The molecule has 3 aromatic rings. The number of methoxy groups -OCH3 is 2. The molecule has 0 bridgehead atoms. The van der Waals surface area contributed by atoms with Crippen molar-refractivity contribution < 1.29 is 14.3 Å². The number of hydrogen-bond acceptors (Lipinski definition) is 8. The molecule has 3 rings (SSSR count). The van der Waals surface area contributed by atoms with E-state index in [1.165, 1.54) is 6.33 Å². The summed E-state index contributed by atoms with van der Waals surface area (Å²) < 4.78 is 10.6.